The van der Waals surface area contributed by atoms with E-state index >= 15 is 0 Å². The van der Waals surface area contributed by atoms with Gasteiger partial charge in [-0.3, -0.25) is 0 Å². The first-order chi connectivity index (χ1) is 26.1. The summed E-state index contributed by atoms with van der Waals surface area (Å²) >= 11 is 0. The quantitative estimate of drug-likeness (QED) is 0.176. The predicted octanol–water partition coefficient (Wildman–Crippen LogP) is 12.4. The van der Waals surface area contributed by atoms with Crippen LogP contribution < -0.4 is 0 Å². The van der Waals surface area contributed by atoms with Gasteiger partial charge >= 0.3 is 0 Å². The van der Waals surface area contributed by atoms with Gasteiger partial charge in [-0.25, -0.2) is 15.0 Å². The molecule has 0 spiro atoms. The van der Waals surface area contributed by atoms with Gasteiger partial charge in [-0.15, -0.1) is 0 Å². The van der Waals surface area contributed by atoms with E-state index in [1.54, 1.807) is 0 Å². The summed E-state index contributed by atoms with van der Waals surface area (Å²) in [6.07, 6.45) is 0. The smallest absolute Gasteiger partial charge is 0.164 e. The molecule has 1 aromatic heterocycles. The molecule has 0 unspecified atom stereocenters. The van der Waals surface area contributed by atoms with E-state index in [0.717, 1.165) is 66.4 Å². The second kappa shape index (κ2) is 13.5. The number of aryl methyl sites for hydroxylation is 1. The molecule has 0 bridgehead atoms. The first kappa shape index (κ1) is 31.7. The second-order valence-electron chi connectivity index (χ2n) is 13.3. The molecule has 4 nitrogen and oxygen atoms in total. The molecule has 0 fully saturated rings. The van der Waals surface area contributed by atoms with Crippen molar-refractivity contribution in [3.63, 3.8) is 0 Å². The van der Waals surface area contributed by atoms with E-state index in [1.807, 2.05) is 72.8 Å². The number of nitrogens with zero attached hydrogens (tertiary/aromatic N) is 4. The van der Waals surface area contributed by atoms with Crippen LogP contribution in [-0.4, -0.2) is 15.0 Å². The van der Waals surface area contributed by atoms with Crippen molar-refractivity contribution in [2.45, 2.75) is 6.92 Å². The summed E-state index contributed by atoms with van der Waals surface area (Å²) < 4.78 is 0. The number of benzene rings is 8. The van der Waals surface area contributed by atoms with E-state index in [9.17, 15) is 5.26 Å². The monoisotopic (exact) mass is 676 g/mol. The maximum Gasteiger partial charge on any atom is 0.164 e. The van der Waals surface area contributed by atoms with Gasteiger partial charge in [-0.1, -0.05) is 152 Å². The van der Waals surface area contributed by atoms with Crippen molar-refractivity contribution in [1.29, 1.82) is 5.26 Å². The summed E-state index contributed by atoms with van der Waals surface area (Å²) in [5.41, 5.74) is 11.1. The first-order valence-corrected chi connectivity index (χ1v) is 17.7. The van der Waals surface area contributed by atoms with Crippen LogP contribution in [0.25, 0.3) is 89.1 Å². The molecular weight excluding hydrogens is 645 g/mol. The zero-order valence-electron chi connectivity index (χ0n) is 29.0. The van der Waals surface area contributed by atoms with Crippen molar-refractivity contribution in [1.82, 2.24) is 15.0 Å². The van der Waals surface area contributed by atoms with Gasteiger partial charge in [0, 0.05) is 16.7 Å². The summed E-state index contributed by atoms with van der Waals surface area (Å²) in [5.74, 6) is 1.90. The molecule has 8 aromatic carbocycles. The molecule has 0 amide bonds. The molecule has 0 aliphatic carbocycles. The Balaban J connectivity index is 1.13. The minimum Gasteiger partial charge on any atom is -0.208 e. The zero-order chi connectivity index (χ0) is 35.7. The van der Waals surface area contributed by atoms with Crippen LogP contribution >= 0.6 is 0 Å². The van der Waals surface area contributed by atoms with Crippen LogP contribution in [0.1, 0.15) is 11.1 Å². The largest absolute Gasteiger partial charge is 0.208 e. The van der Waals surface area contributed by atoms with Crippen molar-refractivity contribution < 1.29 is 0 Å². The Hall–Kier alpha value is -7.22. The van der Waals surface area contributed by atoms with Crippen LogP contribution in [0.4, 0.5) is 0 Å². The highest BCUT2D eigenvalue weighted by molar-refractivity contribution is 6.07. The molecule has 0 atom stereocenters. The lowest BCUT2D eigenvalue weighted by Gasteiger charge is -2.17. The summed E-state index contributed by atoms with van der Waals surface area (Å²) in [6, 6.07) is 62.9. The minimum atomic E-state index is 0.625. The molecule has 9 aromatic rings. The van der Waals surface area contributed by atoms with E-state index < -0.39 is 0 Å². The fourth-order valence-electron chi connectivity index (χ4n) is 7.25. The van der Waals surface area contributed by atoms with Crippen molar-refractivity contribution in [3.8, 4) is 73.6 Å². The molecule has 4 heteroatoms. The number of aromatic nitrogens is 3. The predicted molar refractivity (Wildman–Crippen MR) is 217 cm³/mol. The number of fused-ring (bicyclic) bond motifs is 2. The van der Waals surface area contributed by atoms with Crippen LogP contribution in [-0.2, 0) is 0 Å². The van der Waals surface area contributed by atoms with Gasteiger partial charge < -0.3 is 0 Å². The SMILES string of the molecule is Cc1cc(-c2ccc(-c3nc(-c4ccccc4)nc(-c4ccccc4)n3)cc2)c2ccccc2c1-c1cc(C#N)cc(-c2ccc3ccccc3c2)c1. The van der Waals surface area contributed by atoms with E-state index in [0.29, 0.717) is 23.0 Å². The molecule has 0 radical (unpaired) electrons. The first-order valence-electron chi connectivity index (χ1n) is 17.7. The van der Waals surface area contributed by atoms with Crippen LogP contribution in [0, 0.1) is 18.3 Å². The highest BCUT2D eigenvalue weighted by Crippen LogP contribution is 2.40. The number of hydrogen-bond acceptors (Lipinski definition) is 4. The Labute approximate surface area is 308 Å². The third kappa shape index (κ3) is 6.11. The van der Waals surface area contributed by atoms with Crippen LogP contribution in [0.5, 0.6) is 0 Å². The van der Waals surface area contributed by atoms with Gasteiger partial charge in [0.25, 0.3) is 0 Å². The second-order valence-corrected chi connectivity index (χ2v) is 13.3. The van der Waals surface area contributed by atoms with Crippen LogP contribution in [0.15, 0.2) is 176 Å². The van der Waals surface area contributed by atoms with E-state index in [-0.39, 0.29) is 0 Å². The van der Waals surface area contributed by atoms with E-state index in [4.69, 9.17) is 15.0 Å². The van der Waals surface area contributed by atoms with Gasteiger partial charge in [-0.05, 0) is 91.7 Å². The third-order valence-corrected chi connectivity index (χ3v) is 9.83. The normalized spacial score (nSPS) is 11.1. The fourth-order valence-corrected chi connectivity index (χ4v) is 7.25. The molecular formula is C49H32N4. The number of rotatable bonds is 6. The van der Waals surface area contributed by atoms with Crippen molar-refractivity contribution >= 4 is 21.5 Å². The van der Waals surface area contributed by atoms with Crippen LogP contribution in [0.2, 0.25) is 0 Å². The molecule has 0 aliphatic heterocycles. The average Bonchev–Trinajstić information content (AvgIpc) is 3.23. The Morgan fingerprint density at radius 2 is 0.906 bits per heavy atom. The summed E-state index contributed by atoms with van der Waals surface area (Å²) in [6.45, 7) is 2.16. The fraction of sp³-hybridized carbons (Fsp3) is 0.0204. The highest BCUT2D eigenvalue weighted by Gasteiger charge is 2.17. The zero-order valence-corrected chi connectivity index (χ0v) is 29.0. The van der Waals surface area contributed by atoms with Gasteiger partial charge in [0.05, 0.1) is 11.6 Å². The summed E-state index contributed by atoms with van der Waals surface area (Å²) in [5, 5.41) is 14.8. The molecule has 0 saturated heterocycles. The summed E-state index contributed by atoms with van der Waals surface area (Å²) in [7, 11) is 0. The van der Waals surface area contributed by atoms with Crippen molar-refractivity contribution in [2.75, 3.05) is 0 Å². The highest BCUT2D eigenvalue weighted by atomic mass is 15.0. The Morgan fingerprint density at radius 3 is 1.55 bits per heavy atom. The van der Waals surface area contributed by atoms with Crippen LogP contribution in [0.3, 0.4) is 0 Å². The van der Waals surface area contributed by atoms with Gasteiger partial charge in [0.2, 0.25) is 0 Å². The standard InChI is InChI=1S/C49H32N4/c1-32-26-45(35-21-23-38(24-22-35)49-52-47(36-13-4-2-5-14-36)51-48(53-49)37-15-6-3-7-16-37)43-18-10-11-19-44(43)46(32)42-28-33(31-50)27-41(30-42)40-25-20-34-12-8-9-17-39(34)29-40/h2-30H,1H3. The lowest BCUT2D eigenvalue weighted by Crippen LogP contribution is -2.00. The Bertz CT molecular complexity index is 2780. The average molecular weight is 677 g/mol. The molecule has 9 rings (SSSR count). The molecule has 0 saturated carbocycles. The number of hydrogen-bond donors (Lipinski definition) is 0. The topological polar surface area (TPSA) is 62.5 Å². The molecule has 53 heavy (non-hydrogen) atoms. The molecule has 1 heterocycles. The maximum absolute atomic E-state index is 10.1. The molecule has 0 N–H and O–H groups in total. The molecule has 0 aliphatic rings. The van der Waals surface area contributed by atoms with Gasteiger partial charge in [-0.2, -0.15) is 5.26 Å². The summed E-state index contributed by atoms with van der Waals surface area (Å²) in [4.78, 5) is 14.7. The lowest BCUT2D eigenvalue weighted by molar-refractivity contribution is 1.07. The van der Waals surface area contributed by atoms with Crippen molar-refractivity contribution in [3.05, 3.63) is 187 Å². The van der Waals surface area contributed by atoms with Crippen molar-refractivity contribution in [2.24, 2.45) is 0 Å². The number of nitriles is 1. The van der Waals surface area contributed by atoms with Gasteiger partial charge in [0.15, 0.2) is 17.5 Å². The minimum absolute atomic E-state index is 0.625. The maximum atomic E-state index is 10.1. The third-order valence-electron chi connectivity index (χ3n) is 9.83. The molecule has 248 valence electrons. The Kier molecular flexibility index (Phi) is 8.08. The van der Waals surface area contributed by atoms with Gasteiger partial charge in [0.1, 0.15) is 0 Å². The Morgan fingerprint density at radius 1 is 0.396 bits per heavy atom. The lowest BCUT2D eigenvalue weighted by atomic mass is 9.87. The van der Waals surface area contributed by atoms with E-state index in [1.165, 1.54) is 10.8 Å². The van der Waals surface area contributed by atoms with E-state index in [2.05, 4.69) is 116 Å².